The summed E-state index contributed by atoms with van der Waals surface area (Å²) in [4.78, 5) is 30.4. The number of hydrogen-bond donors (Lipinski definition) is 2. The van der Waals surface area contributed by atoms with E-state index in [4.69, 9.17) is 0 Å². The number of aromatic nitrogens is 3. The first kappa shape index (κ1) is 21.0. The topological polar surface area (TPSA) is 86.3 Å². The van der Waals surface area contributed by atoms with Gasteiger partial charge >= 0.3 is 6.03 Å². The van der Waals surface area contributed by atoms with Crippen LogP contribution in [0.3, 0.4) is 0 Å². The number of amides is 2. The summed E-state index contributed by atoms with van der Waals surface area (Å²) < 4.78 is 0. The Bertz CT molecular complexity index is 1000. The maximum absolute atomic E-state index is 12.2. The van der Waals surface area contributed by atoms with Crippen LogP contribution in [0.2, 0.25) is 0 Å². The molecule has 1 aliphatic heterocycles. The molecule has 1 saturated heterocycles. The maximum Gasteiger partial charge on any atom is 0.320 e. The molecule has 0 spiro atoms. The SMILES string of the molecule is CN1CCN(c2cnc3ccc(NC(=O)NCCCCc4ccccc4)nc3n2)CC1. The summed E-state index contributed by atoms with van der Waals surface area (Å²) in [6.45, 7) is 4.46. The van der Waals surface area contributed by atoms with Crippen LogP contribution < -0.4 is 15.5 Å². The fraction of sp³-hybridized carbons (Fsp3) is 0.391. The molecule has 1 aromatic carbocycles. The van der Waals surface area contributed by atoms with E-state index in [0.717, 1.165) is 51.3 Å². The normalized spacial score (nSPS) is 14.5. The molecule has 31 heavy (non-hydrogen) atoms. The zero-order valence-corrected chi connectivity index (χ0v) is 17.9. The Morgan fingerprint density at radius 3 is 2.61 bits per heavy atom. The van der Waals surface area contributed by atoms with Crippen LogP contribution in [0, 0.1) is 0 Å². The number of unbranched alkanes of at least 4 members (excludes halogenated alkanes) is 1. The molecule has 3 heterocycles. The van der Waals surface area contributed by atoms with Crippen molar-refractivity contribution in [2.75, 3.05) is 50.0 Å². The zero-order chi connectivity index (χ0) is 21.5. The molecule has 2 N–H and O–H groups in total. The molecule has 0 radical (unpaired) electrons. The molecule has 8 heteroatoms. The highest BCUT2D eigenvalue weighted by Gasteiger charge is 2.16. The van der Waals surface area contributed by atoms with Crippen LogP contribution in [0.5, 0.6) is 0 Å². The smallest absolute Gasteiger partial charge is 0.320 e. The molecule has 1 aliphatic rings. The monoisotopic (exact) mass is 419 g/mol. The van der Waals surface area contributed by atoms with Gasteiger partial charge in [0.2, 0.25) is 0 Å². The van der Waals surface area contributed by atoms with Crippen LogP contribution in [0.1, 0.15) is 18.4 Å². The number of likely N-dealkylation sites (N-methyl/N-ethyl adjacent to an activating group) is 1. The van der Waals surface area contributed by atoms with Crippen LogP contribution in [0.25, 0.3) is 11.2 Å². The van der Waals surface area contributed by atoms with Crippen LogP contribution in [-0.4, -0.2) is 65.7 Å². The summed E-state index contributed by atoms with van der Waals surface area (Å²) in [5.74, 6) is 1.30. The Hall–Kier alpha value is -3.26. The van der Waals surface area contributed by atoms with E-state index in [9.17, 15) is 4.79 Å². The number of benzene rings is 1. The van der Waals surface area contributed by atoms with E-state index in [-0.39, 0.29) is 6.03 Å². The third-order valence-electron chi connectivity index (χ3n) is 5.48. The molecule has 3 aromatic rings. The maximum atomic E-state index is 12.2. The van der Waals surface area contributed by atoms with Crippen LogP contribution in [0.15, 0.2) is 48.7 Å². The van der Waals surface area contributed by atoms with Gasteiger partial charge in [0.05, 0.1) is 6.20 Å². The minimum atomic E-state index is -0.255. The second kappa shape index (κ2) is 10.2. The van der Waals surface area contributed by atoms with Gasteiger partial charge in [-0.1, -0.05) is 30.3 Å². The fourth-order valence-corrected chi connectivity index (χ4v) is 3.61. The first-order chi connectivity index (χ1) is 15.2. The van der Waals surface area contributed by atoms with Crippen LogP contribution in [0.4, 0.5) is 16.4 Å². The summed E-state index contributed by atoms with van der Waals surface area (Å²) >= 11 is 0. The van der Waals surface area contributed by atoms with E-state index in [2.05, 4.69) is 66.7 Å². The molecule has 1 fully saturated rings. The highest BCUT2D eigenvalue weighted by molar-refractivity contribution is 5.89. The summed E-state index contributed by atoms with van der Waals surface area (Å²) in [6.07, 6.45) is 4.77. The van der Waals surface area contributed by atoms with E-state index in [0.29, 0.717) is 23.5 Å². The van der Waals surface area contributed by atoms with Crippen molar-refractivity contribution in [3.05, 3.63) is 54.2 Å². The lowest BCUT2D eigenvalue weighted by molar-refractivity contribution is 0.252. The minimum absolute atomic E-state index is 0.255. The Morgan fingerprint density at radius 2 is 1.81 bits per heavy atom. The van der Waals surface area contributed by atoms with Crippen molar-refractivity contribution in [2.24, 2.45) is 0 Å². The Kier molecular flexibility index (Phi) is 6.89. The highest BCUT2D eigenvalue weighted by Crippen LogP contribution is 2.17. The predicted octanol–water partition coefficient (Wildman–Crippen LogP) is 2.92. The van der Waals surface area contributed by atoms with Gasteiger partial charge in [0.25, 0.3) is 0 Å². The lowest BCUT2D eigenvalue weighted by atomic mass is 10.1. The number of anilines is 2. The minimum Gasteiger partial charge on any atom is -0.353 e. The number of carbonyl (C=O) groups is 1. The molecule has 0 atom stereocenters. The van der Waals surface area contributed by atoms with Crippen molar-refractivity contribution in [1.29, 1.82) is 0 Å². The molecular weight excluding hydrogens is 390 g/mol. The third kappa shape index (κ3) is 5.88. The van der Waals surface area contributed by atoms with Crippen LogP contribution in [-0.2, 0) is 6.42 Å². The highest BCUT2D eigenvalue weighted by atomic mass is 16.2. The van der Waals surface area contributed by atoms with Crippen molar-refractivity contribution in [3.63, 3.8) is 0 Å². The number of aryl methyl sites for hydroxylation is 1. The van der Waals surface area contributed by atoms with Gasteiger partial charge in [0.1, 0.15) is 17.2 Å². The second-order valence-electron chi connectivity index (χ2n) is 7.88. The largest absolute Gasteiger partial charge is 0.353 e. The molecule has 2 amide bonds. The number of rotatable bonds is 7. The van der Waals surface area contributed by atoms with Gasteiger partial charge < -0.3 is 15.1 Å². The number of hydrogen-bond acceptors (Lipinski definition) is 6. The van der Waals surface area contributed by atoms with Crippen molar-refractivity contribution in [1.82, 2.24) is 25.2 Å². The number of carbonyl (C=O) groups excluding carboxylic acids is 1. The standard InChI is InChI=1S/C23H29N7O/c1-29-13-15-30(16-14-29)21-17-25-19-10-11-20(26-22(19)28-21)27-23(31)24-12-6-5-9-18-7-3-2-4-8-18/h2-4,7-8,10-11,17H,5-6,9,12-16H2,1H3,(H2,24,26,27,28,31). The number of piperazine rings is 1. The molecule has 2 aromatic heterocycles. The molecule has 8 nitrogen and oxygen atoms in total. The average Bonchev–Trinajstić information content (AvgIpc) is 2.79. The fourth-order valence-electron chi connectivity index (χ4n) is 3.61. The summed E-state index contributed by atoms with van der Waals surface area (Å²) in [6, 6.07) is 13.7. The average molecular weight is 420 g/mol. The van der Waals surface area contributed by atoms with Crippen molar-refractivity contribution >= 4 is 28.8 Å². The summed E-state index contributed by atoms with van der Waals surface area (Å²) in [5, 5.41) is 5.69. The van der Waals surface area contributed by atoms with Crippen molar-refractivity contribution < 1.29 is 4.79 Å². The number of fused-ring (bicyclic) bond motifs is 1. The van der Waals surface area contributed by atoms with Crippen LogP contribution >= 0.6 is 0 Å². The molecule has 0 unspecified atom stereocenters. The van der Waals surface area contributed by atoms with Gasteiger partial charge in [0.15, 0.2) is 5.65 Å². The number of urea groups is 1. The van der Waals surface area contributed by atoms with E-state index in [1.54, 1.807) is 12.3 Å². The third-order valence-corrected chi connectivity index (χ3v) is 5.48. The first-order valence-corrected chi connectivity index (χ1v) is 10.8. The van der Waals surface area contributed by atoms with E-state index in [1.807, 2.05) is 12.1 Å². The number of pyridine rings is 1. The van der Waals surface area contributed by atoms with Crippen molar-refractivity contribution in [2.45, 2.75) is 19.3 Å². The molecule has 0 bridgehead atoms. The Labute approximate surface area is 182 Å². The molecular formula is C23H29N7O. The number of nitrogens with one attached hydrogen (secondary N) is 2. The second-order valence-corrected chi connectivity index (χ2v) is 7.88. The lowest BCUT2D eigenvalue weighted by Gasteiger charge is -2.32. The molecule has 162 valence electrons. The predicted molar refractivity (Wildman–Crippen MR) is 123 cm³/mol. The summed E-state index contributed by atoms with van der Waals surface area (Å²) in [7, 11) is 2.12. The van der Waals surface area contributed by atoms with E-state index < -0.39 is 0 Å². The Morgan fingerprint density at radius 1 is 1.00 bits per heavy atom. The quantitative estimate of drug-likeness (QED) is 0.573. The number of nitrogens with zero attached hydrogens (tertiary/aromatic N) is 5. The molecule has 0 saturated carbocycles. The van der Waals surface area contributed by atoms with Gasteiger partial charge in [0, 0.05) is 32.7 Å². The van der Waals surface area contributed by atoms with E-state index >= 15 is 0 Å². The molecule has 0 aliphatic carbocycles. The molecule has 4 rings (SSSR count). The van der Waals surface area contributed by atoms with Gasteiger partial charge in [-0.05, 0) is 44.0 Å². The first-order valence-electron chi connectivity index (χ1n) is 10.8. The lowest BCUT2D eigenvalue weighted by Crippen LogP contribution is -2.44. The van der Waals surface area contributed by atoms with E-state index in [1.165, 1.54) is 5.56 Å². The summed E-state index contributed by atoms with van der Waals surface area (Å²) in [5.41, 5.74) is 2.58. The van der Waals surface area contributed by atoms with Gasteiger partial charge in [-0.15, -0.1) is 0 Å². The zero-order valence-electron chi connectivity index (χ0n) is 17.9. The van der Waals surface area contributed by atoms with Crippen molar-refractivity contribution in [3.8, 4) is 0 Å². The van der Waals surface area contributed by atoms with Gasteiger partial charge in [-0.2, -0.15) is 0 Å². The van der Waals surface area contributed by atoms with Gasteiger partial charge in [-0.25, -0.2) is 19.7 Å². The Balaban J connectivity index is 1.28. The van der Waals surface area contributed by atoms with Gasteiger partial charge in [-0.3, -0.25) is 5.32 Å².